The van der Waals surface area contributed by atoms with E-state index in [0.717, 1.165) is 18.4 Å². The number of rotatable bonds is 12. The van der Waals surface area contributed by atoms with Crippen LogP contribution in [0.15, 0.2) is 53.4 Å². The van der Waals surface area contributed by atoms with E-state index >= 15 is 0 Å². The van der Waals surface area contributed by atoms with E-state index in [-0.39, 0.29) is 30.5 Å². The minimum absolute atomic E-state index is 0.0804. The van der Waals surface area contributed by atoms with E-state index in [1.54, 1.807) is 12.1 Å². The van der Waals surface area contributed by atoms with Crippen molar-refractivity contribution in [3.05, 3.63) is 59.7 Å². The van der Waals surface area contributed by atoms with Crippen molar-refractivity contribution in [3.63, 3.8) is 0 Å². The van der Waals surface area contributed by atoms with Gasteiger partial charge >= 0.3 is 0 Å². The molecule has 2 N–H and O–H groups in total. The highest BCUT2D eigenvalue weighted by atomic mass is 32.2. The van der Waals surface area contributed by atoms with Crippen molar-refractivity contribution in [3.8, 4) is 5.75 Å². The van der Waals surface area contributed by atoms with E-state index in [1.165, 1.54) is 24.8 Å². The lowest BCUT2D eigenvalue weighted by molar-refractivity contribution is -0.123. The quantitative estimate of drug-likeness (QED) is 0.514. The highest BCUT2D eigenvalue weighted by Crippen LogP contribution is 2.13. The Kier molecular flexibility index (Phi) is 9.11. The summed E-state index contributed by atoms with van der Waals surface area (Å²) in [5.74, 6) is 0.399. The van der Waals surface area contributed by atoms with Crippen LogP contribution in [0.4, 0.5) is 0 Å². The molecule has 0 unspecified atom stereocenters. The summed E-state index contributed by atoms with van der Waals surface area (Å²) in [6.07, 6.45) is 2.10. The van der Waals surface area contributed by atoms with E-state index < -0.39 is 10.0 Å². The first-order chi connectivity index (χ1) is 13.9. The number of sulfonamides is 1. The summed E-state index contributed by atoms with van der Waals surface area (Å²) in [6, 6.07) is 14.1. The molecule has 0 saturated heterocycles. The van der Waals surface area contributed by atoms with Crippen LogP contribution in [0.25, 0.3) is 0 Å². The summed E-state index contributed by atoms with van der Waals surface area (Å²) in [5.41, 5.74) is 2.03. The van der Waals surface area contributed by atoms with Gasteiger partial charge in [0.05, 0.1) is 11.5 Å². The fourth-order valence-corrected chi connectivity index (χ4v) is 3.60. The van der Waals surface area contributed by atoms with Gasteiger partial charge in [-0.3, -0.25) is 4.79 Å². The van der Waals surface area contributed by atoms with Crippen LogP contribution in [-0.2, 0) is 32.5 Å². The molecule has 0 atom stereocenters. The summed E-state index contributed by atoms with van der Waals surface area (Å²) >= 11 is 0. The standard InChI is InChI=1S/C21H28N2O5S/c1-3-4-17-5-9-19(10-6-17)28-16-21(24)22-15-18-7-11-20(12-8-18)29(25,26)23-13-14-27-2/h5-12,23H,3-4,13-16H2,1-2H3,(H,22,24). The van der Waals surface area contributed by atoms with Crippen molar-refractivity contribution >= 4 is 15.9 Å². The third-order valence-electron chi connectivity index (χ3n) is 4.15. The maximum absolute atomic E-state index is 12.1. The maximum atomic E-state index is 12.1. The molecular weight excluding hydrogens is 392 g/mol. The molecule has 0 radical (unpaired) electrons. The minimum Gasteiger partial charge on any atom is -0.484 e. The van der Waals surface area contributed by atoms with E-state index in [4.69, 9.17) is 9.47 Å². The zero-order valence-electron chi connectivity index (χ0n) is 16.8. The van der Waals surface area contributed by atoms with Crippen LogP contribution in [0.5, 0.6) is 5.75 Å². The van der Waals surface area contributed by atoms with Gasteiger partial charge in [-0.2, -0.15) is 0 Å². The van der Waals surface area contributed by atoms with Gasteiger partial charge in [0.15, 0.2) is 6.61 Å². The highest BCUT2D eigenvalue weighted by molar-refractivity contribution is 7.89. The van der Waals surface area contributed by atoms with Gasteiger partial charge in [-0.25, -0.2) is 13.1 Å². The van der Waals surface area contributed by atoms with Crippen molar-refractivity contribution < 1.29 is 22.7 Å². The van der Waals surface area contributed by atoms with Gasteiger partial charge in [-0.05, 0) is 41.8 Å². The van der Waals surface area contributed by atoms with Gasteiger partial charge in [0, 0.05) is 20.2 Å². The Balaban J connectivity index is 1.78. The molecule has 7 nitrogen and oxygen atoms in total. The zero-order valence-corrected chi connectivity index (χ0v) is 17.6. The number of hydrogen-bond donors (Lipinski definition) is 2. The average molecular weight is 421 g/mol. The number of nitrogens with one attached hydrogen (secondary N) is 2. The Hall–Kier alpha value is -2.42. The molecule has 158 valence electrons. The topological polar surface area (TPSA) is 93.7 Å². The first-order valence-corrected chi connectivity index (χ1v) is 11.0. The van der Waals surface area contributed by atoms with Crippen LogP contribution in [0, 0.1) is 0 Å². The minimum atomic E-state index is -3.56. The Morgan fingerprint density at radius 3 is 2.28 bits per heavy atom. The van der Waals surface area contributed by atoms with E-state index in [9.17, 15) is 13.2 Å². The van der Waals surface area contributed by atoms with E-state index in [0.29, 0.717) is 12.4 Å². The molecule has 8 heteroatoms. The van der Waals surface area contributed by atoms with Crippen molar-refractivity contribution in [2.75, 3.05) is 26.9 Å². The number of aryl methyl sites for hydroxylation is 1. The van der Waals surface area contributed by atoms with Gasteiger partial charge in [-0.15, -0.1) is 0 Å². The molecule has 0 spiro atoms. The monoisotopic (exact) mass is 420 g/mol. The summed E-state index contributed by atoms with van der Waals surface area (Å²) in [6.45, 7) is 2.84. The van der Waals surface area contributed by atoms with Gasteiger partial charge in [0.2, 0.25) is 10.0 Å². The van der Waals surface area contributed by atoms with E-state index in [1.807, 2.05) is 24.3 Å². The fourth-order valence-electron chi connectivity index (χ4n) is 2.59. The van der Waals surface area contributed by atoms with Gasteiger partial charge in [0.25, 0.3) is 5.91 Å². The number of benzene rings is 2. The lowest BCUT2D eigenvalue weighted by Gasteiger charge is -2.09. The largest absolute Gasteiger partial charge is 0.484 e. The van der Waals surface area contributed by atoms with E-state index in [2.05, 4.69) is 17.0 Å². The second-order valence-corrected chi connectivity index (χ2v) is 8.26. The lowest BCUT2D eigenvalue weighted by atomic mass is 10.1. The Bertz CT molecular complexity index is 865. The van der Waals surface area contributed by atoms with Crippen molar-refractivity contribution in [1.29, 1.82) is 0 Å². The Labute approximate surface area is 172 Å². The molecule has 0 bridgehead atoms. The zero-order chi connectivity index (χ0) is 21.1. The van der Waals surface area contributed by atoms with Crippen molar-refractivity contribution in [2.24, 2.45) is 0 Å². The molecule has 0 aliphatic heterocycles. The Morgan fingerprint density at radius 1 is 1.00 bits per heavy atom. The van der Waals surface area contributed by atoms with Crippen molar-refractivity contribution in [2.45, 2.75) is 31.2 Å². The van der Waals surface area contributed by atoms with Crippen LogP contribution in [-0.4, -0.2) is 41.2 Å². The average Bonchev–Trinajstić information content (AvgIpc) is 2.72. The smallest absolute Gasteiger partial charge is 0.258 e. The number of amides is 1. The summed E-state index contributed by atoms with van der Waals surface area (Å²) in [5, 5.41) is 2.76. The second-order valence-electron chi connectivity index (χ2n) is 6.49. The van der Waals surface area contributed by atoms with Crippen LogP contribution in [0.3, 0.4) is 0 Å². The molecule has 0 heterocycles. The maximum Gasteiger partial charge on any atom is 0.258 e. The normalized spacial score (nSPS) is 11.2. The number of methoxy groups -OCH3 is 1. The van der Waals surface area contributed by atoms with Crippen LogP contribution in [0.1, 0.15) is 24.5 Å². The lowest BCUT2D eigenvalue weighted by Crippen LogP contribution is -2.28. The molecule has 0 saturated carbocycles. The number of ether oxygens (including phenoxy) is 2. The first kappa shape index (κ1) is 22.9. The second kappa shape index (κ2) is 11.5. The van der Waals surface area contributed by atoms with Crippen LogP contribution < -0.4 is 14.8 Å². The molecule has 0 aliphatic rings. The molecule has 1 amide bonds. The van der Waals surface area contributed by atoms with Gasteiger partial charge in [-0.1, -0.05) is 37.6 Å². The summed E-state index contributed by atoms with van der Waals surface area (Å²) < 4.78 is 37.0. The Morgan fingerprint density at radius 2 is 1.66 bits per heavy atom. The highest BCUT2D eigenvalue weighted by Gasteiger charge is 2.13. The predicted octanol–water partition coefficient (Wildman–Crippen LogP) is 2.26. The molecule has 0 aromatic heterocycles. The summed E-state index contributed by atoms with van der Waals surface area (Å²) in [7, 11) is -2.06. The van der Waals surface area contributed by atoms with Crippen LogP contribution >= 0.6 is 0 Å². The molecule has 2 aromatic carbocycles. The summed E-state index contributed by atoms with van der Waals surface area (Å²) in [4.78, 5) is 12.1. The molecule has 0 fully saturated rings. The number of carbonyl (C=O) groups excluding carboxylic acids is 1. The SMILES string of the molecule is CCCc1ccc(OCC(=O)NCc2ccc(S(=O)(=O)NCCOC)cc2)cc1. The number of carbonyl (C=O) groups is 1. The molecular formula is C21H28N2O5S. The molecule has 29 heavy (non-hydrogen) atoms. The molecule has 2 rings (SSSR count). The van der Waals surface area contributed by atoms with Crippen molar-refractivity contribution in [1.82, 2.24) is 10.0 Å². The third kappa shape index (κ3) is 7.84. The predicted molar refractivity (Wildman–Crippen MR) is 111 cm³/mol. The van der Waals surface area contributed by atoms with Gasteiger partial charge < -0.3 is 14.8 Å². The number of hydrogen-bond acceptors (Lipinski definition) is 5. The van der Waals surface area contributed by atoms with Gasteiger partial charge in [0.1, 0.15) is 5.75 Å². The third-order valence-corrected chi connectivity index (χ3v) is 5.63. The fraction of sp³-hybridized carbons (Fsp3) is 0.381. The molecule has 0 aliphatic carbocycles. The van der Waals surface area contributed by atoms with Crippen LogP contribution in [0.2, 0.25) is 0 Å². The first-order valence-electron chi connectivity index (χ1n) is 9.50. The molecule has 2 aromatic rings.